The number of hydrogen-bond acceptors (Lipinski definition) is 4. The molecule has 1 unspecified atom stereocenters. The van der Waals surface area contributed by atoms with Gasteiger partial charge in [-0.1, -0.05) is 18.2 Å². The Kier molecular flexibility index (Phi) is 3.96. The third kappa shape index (κ3) is 3.03. The van der Waals surface area contributed by atoms with Crippen molar-refractivity contribution in [1.29, 1.82) is 0 Å². The van der Waals surface area contributed by atoms with E-state index in [0.717, 1.165) is 30.8 Å². The minimum Gasteiger partial charge on any atom is -0.472 e. The number of hydrogen-bond donors (Lipinski definition) is 1. The number of ether oxygens (including phenoxy) is 1. The van der Waals surface area contributed by atoms with Gasteiger partial charge in [0, 0.05) is 30.9 Å². The number of primary amides is 1. The summed E-state index contributed by atoms with van der Waals surface area (Å²) in [7, 11) is 0. The van der Waals surface area contributed by atoms with Crippen molar-refractivity contribution in [2.75, 3.05) is 18.0 Å². The lowest BCUT2D eigenvalue weighted by Crippen LogP contribution is -2.27. The van der Waals surface area contributed by atoms with E-state index in [1.165, 1.54) is 0 Å². The molecule has 0 radical (unpaired) electrons. The zero-order valence-corrected chi connectivity index (χ0v) is 12.5. The highest BCUT2D eigenvalue weighted by Crippen LogP contribution is 2.26. The van der Waals surface area contributed by atoms with Crippen LogP contribution in [-0.2, 0) is 0 Å². The molecule has 2 N–H and O–H groups in total. The largest absolute Gasteiger partial charge is 0.472 e. The van der Waals surface area contributed by atoms with Gasteiger partial charge in [-0.2, -0.15) is 0 Å². The Morgan fingerprint density at radius 1 is 1.32 bits per heavy atom. The van der Waals surface area contributed by atoms with E-state index in [9.17, 15) is 4.79 Å². The Hall–Kier alpha value is -2.56. The third-order valence-corrected chi connectivity index (χ3v) is 3.83. The molecule has 1 aromatic carbocycles. The Morgan fingerprint density at radius 2 is 2.14 bits per heavy atom. The predicted molar refractivity (Wildman–Crippen MR) is 85.2 cm³/mol. The summed E-state index contributed by atoms with van der Waals surface area (Å²) in [5.74, 6) is 0.237. The Bertz CT molecular complexity index is 670. The van der Waals surface area contributed by atoms with E-state index in [0.29, 0.717) is 11.4 Å². The molecule has 2 heterocycles. The van der Waals surface area contributed by atoms with Gasteiger partial charge in [-0.25, -0.2) is 4.98 Å². The molecule has 0 aliphatic carbocycles. The van der Waals surface area contributed by atoms with Crippen LogP contribution in [0.15, 0.2) is 42.6 Å². The SMILES string of the molecule is Cc1ccc(OC2CCN(c3ccccc3C(N)=O)C2)nc1. The van der Waals surface area contributed by atoms with Crippen LogP contribution in [-0.4, -0.2) is 30.1 Å². The van der Waals surface area contributed by atoms with E-state index in [1.54, 1.807) is 12.3 Å². The van der Waals surface area contributed by atoms with Crippen LogP contribution in [0.2, 0.25) is 0 Å². The van der Waals surface area contributed by atoms with Gasteiger partial charge in [0.2, 0.25) is 5.88 Å². The van der Waals surface area contributed by atoms with Gasteiger partial charge in [0.1, 0.15) is 6.10 Å². The number of rotatable bonds is 4. The molecule has 1 atom stereocenters. The van der Waals surface area contributed by atoms with Crippen LogP contribution in [0, 0.1) is 6.92 Å². The van der Waals surface area contributed by atoms with Crippen molar-refractivity contribution in [3.05, 3.63) is 53.7 Å². The second-order valence-corrected chi connectivity index (χ2v) is 5.53. The summed E-state index contributed by atoms with van der Waals surface area (Å²) in [6, 6.07) is 11.3. The summed E-state index contributed by atoms with van der Waals surface area (Å²) in [5, 5.41) is 0. The van der Waals surface area contributed by atoms with Gasteiger partial charge in [-0.15, -0.1) is 0 Å². The first kappa shape index (κ1) is 14.4. The average Bonchev–Trinajstić information content (AvgIpc) is 2.98. The average molecular weight is 297 g/mol. The van der Waals surface area contributed by atoms with Crippen LogP contribution in [0.3, 0.4) is 0 Å². The molecule has 1 aromatic heterocycles. The summed E-state index contributed by atoms with van der Waals surface area (Å²) in [5.41, 5.74) is 7.98. The number of nitrogens with zero attached hydrogens (tertiary/aromatic N) is 2. The molecule has 1 fully saturated rings. The molecule has 0 spiro atoms. The Balaban J connectivity index is 1.70. The number of para-hydroxylation sites is 1. The molecule has 1 aliphatic rings. The van der Waals surface area contributed by atoms with Crippen molar-refractivity contribution in [2.24, 2.45) is 5.73 Å². The zero-order valence-electron chi connectivity index (χ0n) is 12.5. The Morgan fingerprint density at radius 3 is 2.86 bits per heavy atom. The summed E-state index contributed by atoms with van der Waals surface area (Å²) in [4.78, 5) is 17.9. The van der Waals surface area contributed by atoms with Gasteiger partial charge in [-0.05, 0) is 24.6 Å². The maximum absolute atomic E-state index is 11.5. The summed E-state index contributed by atoms with van der Waals surface area (Å²) < 4.78 is 5.91. The first-order valence-electron chi connectivity index (χ1n) is 7.36. The van der Waals surface area contributed by atoms with E-state index in [4.69, 9.17) is 10.5 Å². The number of anilines is 1. The minimum absolute atomic E-state index is 0.0659. The summed E-state index contributed by atoms with van der Waals surface area (Å²) in [6.07, 6.45) is 2.75. The molecule has 3 rings (SSSR count). The minimum atomic E-state index is -0.403. The highest BCUT2D eigenvalue weighted by atomic mass is 16.5. The zero-order chi connectivity index (χ0) is 15.5. The molecular formula is C17H19N3O2. The van der Waals surface area contributed by atoms with Crippen molar-refractivity contribution >= 4 is 11.6 Å². The molecule has 0 saturated carbocycles. The second kappa shape index (κ2) is 6.05. The molecule has 0 bridgehead atoms. The number of carbonyl (C=O) groups excluding carboxylic acids is 1. The van der Waals surface area contributed by atoms with Crippen LogP contribution in [0.25, 0.3) is 0 Å². The molecule has 22 heavy (non-hydrogen) atoms. The highest BCUT2D eigenvalue weighted by molar-refractivity contribution is 5.98. The quantitative estimate of drug-likeness (QED) is 0.939. The highest BCUT2D eigenvalue weighted by Gasteiger charge is 2.26. The van der Waals surface area contributed by atoms with Crippen molar-refractivity contribution in [3.63, 3.8) is 0 Å². The number of benzene rings is 1. The fourth-order valence-corrected chi connectivity index (χ4v) is 2.70. The fourth-order valence-electron chi connectivity index (χ4n) is 2.70. The van der Waals surface area contributed by atoms with Gasteiger partial charge in [-0.3, -0.25) is 4.79 Å². The number of nitrogens with two attached hydrogens (primary N) is 1. The second-order valence-electron chi connectivity index (χ2n) is 5.53. The van der Waals surface area contributed by atoms with Crippen LogP contribution in [0.4, 0.5) is 5.69 Å². The number of pyridine rings is 1. The summed E-state index contributed by atoms with van der Waals surface area (Å²) >= 11 is 0. The molecule has 1 amide bonds. The van der Waals surface area contributed by atoms with Crippen LogP contribution in [0.1, 0.15) is 22.3 Å². The summed E-state index contributed by atoms with van der Waals surface area (Å²) in [6.45, 7) is 3.55. The molecule has 5 heteroatoms. The standard InChI is InChI=1S/C17H19N3O2/c1-12-6-7-16(19-10-12)22-13-8-9-20(11-13)15-5-3-2-4-14(15)17(18)21/h2-7,10,13H,8-9,11H2,1H3,(H2,18,21). The number of aromatic nitrogens is 1. The number of aryl methyl sites for hydroxylation is 1. The number of carbonyl (C=O) groups is 1. The monoisotopic (exact) mass is 297 g/mol. The predicted octanol–water partition coefficient (Wildman–Crippen LogP) is 2.15. The Labute approximate surface area is 129 Å². The van der Waals surface area contributed by atoms with E-state index >= 15 is 0 Å². The van der Waals surface area contributed by atoms with Gasteiger partial charge >= 0.3 is 0 Å². The third-order valence-electron chi connectivity index (χ3n) is 3.83. The topological polar surface area (TPSA) is 68.5 Å². The van der Waals surface area contributed by atoms with Gasteiger partial charge in [0.25, 0.3) is 5.91 Å². The molecule has 5 nitrogen and oxygen atoms in total. The van der Waals surface area contributed by atoms with Crippen LogP contribution >= 0.6 is 0 Å². The first-order valence-corrected chi connectivity index (χ1v) is 7.36. The van der Waals surface area contributed by atoms with Crippen molar-refractivity contribution in [2.45, 2.75) is 19.4 Å². The number of amides is 1. The van der Waals surface area contributed by atoms with Crippen molar-refractivity contribution in [3.8, 4) is 5.88 Å². The van der Waals surface area contributed by atoms with E-state index in [2.05, 4.69) is 9.88 Å². The molecule has 1 saturated heterocycles. The van der Waals surface area contributed by atoms with Crippen LogP contribution < -0.4 is 15.4 Å². The van der Waals surface area contributed by atoms with Crippen LogP contribution in [0.5, 0.6) is 5.88 Å². The van der Waals surface area contributed by atoms with Gasteiger partial charge in [0.05, 0.1) is 12.1 Å². The molecule has 114 valence electrons. The van der Waals surface area contributed by atoms with E-state index in [-0.39, 0.29) is 6.10 Å². The lowest BCUT2D eigenvalue weighted by molar-refractivity contribution is 0.100. The van der Waals surface area contributed by atoms with E-state index < -0.39 is 5.91 Å². The molecule has 1 aliphatic heterocycles. The van der Waals surface area contributed by atoms with Gasteiger partial charge < -0.3 is 15.4 Å². The smallest absolute Gasteiger partial charge is 0.250 e. The van der Waals surface area contributed by atoms with Crippen molar-refractivity contribution in [1.82, 2.24) is 4.98 Å². The lowest BCUT2D eigenvalue weighted by atomic mass is 10.1. The van der Waals surface area contributed by atoms with E-state index in [1.807, 2.05) is 37.3 Å². The normalized spacial score (nSPS) is 17.5. The first-order chi connectivity index (χ1) is 10.6. The maximum atomic E-state index is 11.5. The maximum Gasteiger partial charge on any atom is 0.250 e. The molecular weight excluding hydrogens is 278 g/mol. The fraction of sp³-hybridized carbons (Fsp3) is 0.294. The van der Waals surface area contributed by atoms with Gasteiger partial charge in [0.15, 0.2) is 0 Å². The lowest BCUT2D eigenvalue weighted by Gasteiger charge is -2.21. The van der Waals surface area contributed by atoms with Crippen molar-refractivity contribution < 1.29 is 9.53 Å². The molecule has 2 aromatic rings.